The van der Waals surface area contributed by atoms with Crippen molar-refractivity contribution < 1.29 is 14.7 Å². The lowest BCUT2D eigenvalue weighted by Crippen LogP contribution is -2.36. The highest BCUT2D eigenvalue weighted by molar-refractivity contribution is 5.89. The average Bonchev–Trinajstić information content (AvgIpc) is 2.86. The van der Waals surface area contributed by atoms with E-state index >= 15 is 0 Å². The molecule has 2 rings (SSSR count). The van der Waals surface area contributed by atoms with Crippen LogP contribution < -0.4 is 5.32 Å². The second kappa shape index (κ2) is 7.22. The van der Waals surface area contributed by atoms with E-state index in [1.165, 1.54) is 0 Å². The molecule has 2 amide bonds. The molecule has 0 saturated carbocycles. The lowest BCUT2D eigenvalue weighted by Gasteiger charge is -2.17. The second-order valence-electron chi connectivity index (χ2n) is 5.69. The number of carbonyl (C=O) groups excluding carboxylic acids is 2. The normalized spacial score (nSPS) is 19.6. The first kappa shape index (κ1) is 15.5. The molecule has 114 valence electrons. The molecule has 2 N–H and O–H groups in total. The van der Waals surface area contributed by atoms with Gasteiger partial charge in [-0.3, -0.25) is 9.59 Å². The molecule has 0 radical (unpaired) electrons. The molecular weight excluding hydrogens is 268 g/mol. The monoisotopic (exact) mass is 290 g/mol. The standard InChI is InChI=1S/C16H22N2O3/c1-12(11-19)8-17-16(21)14-7-15(20)18(10-14)9-13-5-3-2-4-6-13/h2-6,12,14,19H,7-11H2,1H3,(H,17,21). The summed E-state index contributed by atoms with van der Waals surface area (Å²) in [5, 5.41) is 11.8. The maximum atomic E-state index is 12.0. The number of nitrogens with one attached hydrogen (secondary N) is 1. The van der Waals surface area contributed by atoms with Crippen molar-refractivity contribution in [1.82, 2.24) is 10.2 Å². The van der Waals surface area contributed by atoms with E-state index in [0.717, 1.165) is 5.56 Å². The molecule has 0 aromatic heterocycles. The Morgan fingerprint density at radius 2 is 2.14 bits per heavy atom. The summed E-state index contributed by atoms with van der Waals surface area (Å²) in [6.07, 6.45) is 0.270. The van der Waals surface area contributed by atoms with Gasteiger partial charge in [0.25, 0.3) is 0 Å². The smallest absolute Gasteiger partial charge is 0.225 e. The first-order chi connectivity index (χ1) is 10.1. The average molecular weight is 290 g/mol. The molecule has 5 heteroatoms. The Morgan fingerprint density at radius 3 is 2.81 bits per heavy atom. The summed E-state index contributed by atoms with van der Waals surface area (Å²) in [6, 6.07) is 9.77. The predicted molar refractivity (Wildman–Crippen MR) is 79.2 cm³/mol. The van der Waals surface area contributed by atoms with E-state index in [2.05, 4.69) is 5.32 Å². The minimum atomic E-state index is -0.285. The molecule has 0 bridgehead atoms. The van der Waals surface area contributed by atoms with Gasteiger partial charge in [0.05, 0.1) is 5.92 Å². The molecule has 1 aromatic carbocycles. The number of aliphatic hydroxyl groups is 1. The van der Waals surface area contributed by atoms with E-state index in [1.54, 1.807) is 4.90 Å². The van der Waals surface area contributed by atoms with Gasteiger partial charge in [-0.05, 0) is 11.5 Å². The maximum absolute atomic E-state index is 12.0. The summed E-state index contributed by atoms with van der Waals surface area (Å²) in [5.74, 6) is -0.327. The second-order valence-corrected chi connectivity index (χ2v) is 5.69. The van der Waals surface area contributed by atoms with E-state index < -0.39 is 0 Å². The molecule has 1 heterocycles. The van der Waals surface area contributed by atoms with Crippen LogP contribution in [-0.2, 0) is 16.1 Å². The number of hydrogen-bond acceptors (Lipinski definition) is 3. The number of carbonyl (C=O) groups is 2. The largest absolute Gasteiger partial charge is 0.396 e. The van der Waals surface area contributed by atoms with E-state index in [9.17, 15) is 9.59 Å². The van der Waals surface area contributed by atoms with Crippen molar-refractivity contribution >= 4 is 11.8 Å². The summed E-state index contributed by atoms with van der Waals surface area (Å²) in [5.41, 5.74) is 1.07. The van der Waals surface area contributed by atoms with Crippen molar-refractivity contribution in [3.05, 3.63) is 35.9 Å². The first-order valence-electron chi connectivity index (χ1n) is 7.30. The third kappa shape index (κ3) is 4.29. The molecule has 2 unspecified atom stereocenters. The van der Waals surface area contributed by atoms with Crippen LogP contribution in [0.1, 0.15) is 18.9 Å². The maximum Gasteiger partial charge on any atom is 0.225 e. The third-order valence-corrected chi connectivity index (χ3v) is 3.74. The summed E-state index contributed by atoms with van der Waals surface area (Å²) in [7, 11) is 0. The topological polar surface area (TPSA) is 69.6 Å². The highest BCUT2D eigenvalue weighted by Gasteiger charge is 2.34. The van der Waals surface area contributed by atoms with E-state index in [-0.39, 0.29) is 36.7 Å². The third-order valence-electron chi connectivity index (χ3n) is 3.74. The zero-order chi connectivity index (χ0) is 15.2. The summed E-state index contributed by atoms with van der Waals surface area (Å²) in [4.78, 5) is 25.8. The van der Waals surface area contributed by atoms with Gasteiger partial charge in [-0.1, -0.05) is 37.3 Å². The van der Waals surface area contributed by atoms with Crippen LogP contribution in [0, 0.1) is 11.8 Å². The fraction of sp³-hybridized carbons (Fsp3) is 0.500. The zero-order valence-electron chi connectivity index (χ0n) is 12.3. The Morgan fingerprint density at radius 1 is 1.43 bits per heavy atom. The zero-order valence-corrected chi connectivity index (χ0v) is 12.3. The lowest BCUT2D eigenvalue weighted by molar-refractivity contribution is -0.129. The molecule has 1 aromatic rings. The van der Waals surface area contributed by atoms with Crippen LogP contribution in [-0.4, -0.2) is 41.5 Å². The van der Waals surface area contributed by atoms with Crippen molar-refractivity contribution in [2.75, 3.05) is 19.7 Å². The van der Waals surface area contributed by atoms with Gasteiger partial charge in [0.1, 0.15) is 0 Å². The quantitative estimate of drug-likeness (QED) is 0.813. The number of hydrogen-bond donors (Lipinski definition) is 2. The van der Waals surface area contributed by atoms with Gasteiger partial charge < -0.3 is 15.3 Å². The highest BCUT2D eigenvalue weighted by atomic mass is 16.3. The van der Waals surface area contributed by atoms with Crippen LogP contribution in [0.2, 0.25) is 0 Å². The molecule has 2 atom stereocenters. The number of rotatable bonds is 6. The van der Waals surface area contributed by atoms with Gasteiger partial charge in [0.2, 0.25) is 11.8 Å². The van der Waals surface area contributed by atoms with Gasteiger partial charge >= 0.3 is 0 Å². The van der Waals surface area contributed by atoms with Gasteiger partial charge in [-0.15, -0.1) is 0 Å². The van der Waals surface area contributed by atoms with Crippen LogP contribution in [0.3, 0.4) is 0 Å². The highest BCUT2D eigenvalue weighted by Crippen LogP contribution is 2.20. The van der Waals surface area contributed by atoms with Crippen molar-refractivity contribution in [2.45, 2.75) is 19.9 Å². The van der Waals surface area contributed by atoms with E-state index in [0.29, 0.717) is 19.6 Å². The first-order valence-corrected chi connectivity index (χ1v) is 7.30. The minimum Gasteiger partial charge on any atom is -0.396 e. The fourth-order valence-electron chi connectivity index (χ4n) is 2.39. The van der Waals surface area contributed by atoms with Gasteiger partial charge in [-0.2, -0.15) is 0 Å². The van der Waals surface area contributed by atoms with Crippen LogP contribution in [0.25, 0.3) is 0 Å². The van der Waals surface area contributed by atoms with Crippen molar-refractivity contribution in [3.63, 3.8) is 0 Å². The molecule has 5 nitrogen and oxygen atoms in total. The molecule has 1 saturated heterocycles. The Bertz CT molecular complexity index is 490. The van der Waals surface area contributed by atoms with Crippen molar-refractivity contribution in [1.29, 1.82) is 0 Å². The molecule has 0 spiro atoms. The van der Waals surface area contributed by atoms with Gasteiger partial charge in [-0.25, -0.2) is 0 Å². The number of nitrogens with zero attached hydrogens (tertiary/aromatic N) is 1. The van der Waals surface area contributed by atoms with E-state index in [4.69, 9.17) is 5.11 Å². The fourth-order valence-corrected chi connectivity index (χ4v) is 2.39. The van der Waals surface area contributed by atoms with Crippen LogP contribution in [0.15, 0.2) is 30.3 Å². The molecule has 1 fully saturated rings. The van der Waals surface area contributed by atoms with Gasteiger partial charge in [0, 0.05) is 32.7 Å². The molecule has 21 heavy (non-hydrogen) atoms. The molecule has 1 aliphatic rings. The van der Waals surface area contributed by atoms with Crippen molar-refractivity contribution in [2.24, 2.45) is 11.8 Å². The number of benzene rings is 1. The van der Waals surface area contributed by atoms with Crippen LogP contribution in [0.4, 0.5) is 0 Å². The Balaban J connectivity index is 1.86. The summed E-state index contributed by atoms with van der Waals surface area (Å²) < 4.78 is 0. The Kier molecular flexibility index (Phi) is 5.33. The minimum absolute atomic E-state index is 0.0224. The molecule has 1 aliphatic heterocycles. The SMILES string of the molecule is CC(CO)CNC(=O)C1CC(=O)N(Cc2ccccc2)C1. The number of likely N-dealkylation sites (tertiary alicyclic amines) is 1. The molecular formula is C16H22N2O3. The number of amides is 2. The summed E-state index contributed by atoms with van der Waals surface area (Å²) in [6.45, 7) is 3.37. The van der Waals surface area contributed by atoms with Crippen molar-refractivity contribution in [3.8, 4) is 0 Å². The van der Waals surface area contributed by atoms with Gasteiger partial charge in [0.15, 0.2) is 0 Å². The summed E-state index contributed by atoms with van der Waals surface area (Å²) >= 11 is 0. The Hall–Kier alpha value is -1.88. The number of aliphatic hydroxyl groups excluding tert-OH is 1. The molecule has 0 aliphatic carbocycles. The van der Waals surface area contributed by atoms with E-state index in [1.807, 2.05) is 37.3 Å². The lowest BCUT2D eigenvalue weighted by atomic mass is 10.1. The van der Waals surface area contributed by atoms with Crippen LogP contribution >= 0.6 is 0 Å². The predicted octanol–water partition coefficient (Wildman–Crippen LogP) is 0.780. The Labute approximate surface area is 125 Å². The van der Waals surface area contributed by atoms with Crippen LogP contribution in [0.5, 0.6) is 0 Å².